The minimum absolute atomic E-state index is 0.415. The Morgan fingerprint density at radius 3 is 2.67 bits per heavy atom. The number of halogens is 1. The summed E-state index contributed by atoms with van der Waals surface area (Å²) in [5.41, 5.74) is 7.37. The van der Waals surface area contributed by atoms with E-state index in [-0.39, 0.29) is 0 Å². The van der Waals surface area contributed by atoms with Gasteiger partial charge in [-0.05, 0) is 72.6 Å². The van der Waals surface area contributed by atoms with Gasteiger partial charge in [0.25, 0.3) is 0 Å². The number of carbonyl (C=O) groups is 2. The van der Waals surface area contributed by atoms with E-state index in [1.165, 1.54) is 24.8 Å². The number of nitrogens with zero attached hydrogens (tertiary/aromatic N) is 6. The highest BCUT2D eigenvalue weighted by molar-refractivity contribution is 5.98. The van der Waals surface area contributed by atoms with Crippen LogP contribution < -0.4 is 0 Å². The van der Waals surface area contributed by atoms with Crippen molar-refractivity contribution in [2.24, 2.45) is 4.99 Å². The average Bonchev–Trinajstić information content (AvgIpc) is 3.63. The van der Waals surface area contributed by atoms with Crippen LogP contribution in [0.15, 0.2) is 72.1 Å². The van der Waals surface area contributed by atoms with Crippen molar-refractivity contribution >= 4 is 40.9 Å². The molecular formula is C32H25FN8O2. The van der Waals surface area contributed by atoms with Crippen LogP contribution in [0.3, 0.4) is 0 Å². The van der Waals surface area contributed by atoms with E-state index in [0.717, 1.165) is 47.2 Å². The quantitative estimate of drug-likeness (QED) is 0.145. The van der Waals surface area contributed by atoms with Gasteiger partial charge in [-0.2, -0.15) is 5.10 Å². The molecule has 5 heterocycles. The number of benzene rings is 2. The molecule has 2 N–H and O–H groups in total. The molecule has 6 aromatic rings. The molecule has 1 aliphatic heterocycles. The Morgan fingerprint density at radius 2 is 1.86 bits per heavy atom. The van der Waals surface area contributed by atoms with Crippen LogP contribution in [0.1, 0.15) is 17.5 Å². The molecule has 11 heteroatoms. The van der Waals surface area contributed by atoms with Gasteiger partial charge >= 0.3 is 0 Å². The molecule has 0 amide bonds. The number of carbonyl (C=O) groups excluding carboxylic acids is 2. The molecule has 212 valence electrons. The normalized spacial score (nSPS) is 13.7. The van der Waals surface area contributed by atoms with Crippen LogP contribution in [-0.4, -0.2) is 73.0 Å². The standard InChI is InChI=1S/C32H25FN8O2/c33-24-9-19(13-35-25(17-42)18-43)7-21(10-24)26-3-1-4-28-29(26)38-32(37-28)30-27-11-23(15-36-31(27)40-39-30)22-8-20(12-34-14-22)16-41-5-2-6-41/h1,3-4,7-15,17-18,25H,2,5-6,16H2,(H,37,38)(H,36,39,40). The molecule has 7 rings (SSSR count). The summed E-state index contributed by atoms with van der Waals surface area (Å²) in [6.45, 7) is 3.12. The molecule has 0 aliphatic carbocycles. The van der Waals surface area contributed by atoms with E-state index < -0.39 is 11.9 Å². The zero-order chi connectivity index (χ0) is 29.3. The van der Waals surface area contributed by atoms with Crippen LogP contribution in [0.2, 0.25) is 0 Å². The van der Waals surface area contributed by atoms with Crippen molar-refractivity contribution in [2.45, 2.75) is 19.0 Å². The third kappa shape index (κ3) is 5.22. The molecule has 0 saturated carbocycles. The van der Waals surface area contributed by atoms with E-state index >= 15 is 0 Å². The minimum atomic E-state index is -1.13. The maximum atomic E-state index is 14.6. The number of hydrogen-bond acceptors (Lipinski definition) is 8. The predicted molar refractivity (Wildman–Crippen MR) is 161 cm³/mol. The summed E-state index contributed by atoms with van der Waals surface area (Å²) in [7, 11) is 0. The Balaban J connectivity index is 1.25. The molecule has 0 radical (unpaired) electrons. The number of aromatic nitrogens is 6. The zero-order valence-electron chi connectivity index (χ0n) is 22.9. The largest absolute Gasteiger partial charge is 0.337 e. The Labute approximate surface area is 244 Å². The van der Waals surface area contributed by atoms with Gasteiger partial charge in [0, 0.05) is 48.0 Å². The highest BCUT2D eigenvalue weighted by Gasteiger charge is 2.18. The maximum Gasteiger partial charge on any atom is 0.181 e. The lowest BCUT2D eigenvalue weighted by atomic mass is 10.0. The number of para-hydroxylation sites is 1. The highest BCUT2D eigenvalue weighted by atomic mass is 19.1. The van der Waals surface area contributed by atoms with Gasteiger partial charge in [0.1, 0.15) is 11.5 Å². The van der Waals surface area contributed by atoms with Crippen molar-refractivity contribution in [2.75, 3.05) is 13.1 Å². The second-order valence-corrected chi connectivity index (χ2v) is 10.5. The maximum absolute atomic E-state index is 14.6. The van der Waals surface area contributed by atoms with Crippen LogP contribution in [0.5, 0.6) is 0 Å². The topological polar surface area (TPSA) is 133 Å². The van der Waals surface area contributed by atoms with Gasteiger partial charge in [0.2, 0.25) is 0 Å². The molecule has 43 heavy (non-hydrogen) atoms. The molecular weight excluding hydrogens is 547 g/mol. The fourth-order valence-electron chi connectivity index (χ4n) is 5.27. The monoisotopic (exact) mass is 572 g/mol. The van der Waals surface area contributed by atoms with Gasteiger partial charge in [-0.25, -0.2) is 14.4 Å². The summed E-state index contributed by atoms with van der Waals surface area (Å²) in [6, 6.07) is 13.1. The second-order valence-electron chi connectivity index (χ2n) is 10.5. The van der Waals surface area contributed by atoms with Crippen molar-refractivity contribution in [3.8, 4) is 33.8 Å². The number of likely N-dealkylation sites (tertiary alicyclic amines) is 1. The van der Waals surface area contributed by atoms with E-state index in [2.05, 4.69) is 41.1 Å². The first-order valence-electron chi connectivity index (χ1n) is 13.8. The van der Waals surface area contributed by atoms with Crippen molar-refractivity contribution in [3.63, 3.8) is 0 Å². The fourth-order valence-corrected chi connectivity index (χ4v) is 5.27. The number of aldehydes is 2. The van der Waals surface area contributed by atoms with E-state index in [1.807, 2.05) is 36.7 Å². The summed E-state index contributed by atoms with van der Waals surface area (Å²) >= 11 is 0. The van der Waals surface area contributed by atoms with Gasteiger partial charge in [-0.1, -0.05) is 12.1 Å². The average molecular weight is 573 g/mol. The van der Waals surface area contributed by atoms with E-state index in [1.54, 1.807) is 12.3 Å². The number of hydrogen-bond donors (Lipinski definition) is 2. The highest BCUT2D eigenvalue weighted by Crippen LogP contribution is 2.33. The van der Waals surface area contributed by atoms with Crippen molar-refractivity contribution in [1.29, 1.82) is 0 Å². The summed E-state index contributed by atoms with van der Waals surface area (Å²) < 4.78 is 14.6. The first kappa shape index (κ1) is 26.5. The lowest BCUT2D eigenvalue weighted by molar-refractivity contribution is -0.115. The molecule has 1 aliphatic rings. The van der Waals surface area contributed by atoms with Crippen LogP contribution >= 0.6 is 0 Å². The number of aliphatic imine (C=N–C) groups is 1. The number of H-pyrrole nitrogens is 2. The molecule has 0 spiro atoms. The molecule has 4 aromatic heterocycles. The smallest absolute Gasteiger partial charge is 0.181 e. The van der Waals surface area contributed by atoms with Gasteiger partial charge < -0.3 is 14.6 Å². The van der Waals surface area contributed by atoms with Crippen molar-refractivity contribution < 1.29 is 14.0 Å². The summed E-state index contributed by atoms with van der Waals surface area (Å²) in [4.78, 5) is 45.5. The number of nitrogens with one attached hydrogen (secondary N) is 2. The number of rotatable bonds is 9. The van der Waals surface area contributed by atoms with Gasteiger partial charge in [-0.15, -0.1) is 0 Å². The van der Waals surface area contributed by atoms with Crippen molar-refractivity contribution in [1.82, 2.24) is 35.0 Å². The lowest BCUT2D eigenvalue weighted by Crippen LogP contribution is -2.36. The number of imidazole rings is 1. The second kappa shape index (κ2) is 11.1. The Kier molecular flexibility index (Phi) is 6.84. The predicted octanol–water partition coefficient (Wildman–Crippen LogP) is 4.76. The van der Waals surface area contributed by atoms with Crippen LogP contribution in [0.4, 0.5) is 4.39 Å². The first-order chi connectivity index (χ1) is 21.1. The van der Waals surface area contributed by atoms with Crippen LogP contribution in [0, 0.1) is 5.82 Å². The lowest BCUT2D eigenvalue weighted by Gasteiger charge is -2.30. The fraction of sp³-hybridized carbons (Fsp3) is 0.156. The molecule has 10 nitrogen and oxygen atoms in total. The Morgan fingerprint density at radius 1 is 1.00 bits per heavy atom. The molecule has 0 bridgehead atoms. The van der Waals surface area contributed by atoms with Gasteiger partial charge in [0.15, 0.2) is 30.1 Å². The third-order valence-corrected chi connectivity index (χ3v) is 7.55. The van der Waals surface area contributed by atoms with Gasteiger partial charge in [-0.3, -0.25) is 20.0 Å². The SMILES string of the molecule is O=CC(C=O)N=Cc1cc(F)cc(-c2cccc3[nH]c(-c4[nH]nc5ncc(-c6cncc(CN7CCC7)c6)cc45)nc23)c1. The molecule has 1 fully saturated rings. The van der Waals surface area contributed by atoms with Crippen LogP contribution in [-0.2, 0) is 16.1 Å². The van der Waals surface area contributed by atoms with E-state index in [9.17, 15) is 14.0 Å². The molecule has 0 atom stereocenters. The summed E-state index contributed by atoms with van der Waals surface area (Å²) in [5, 5.41) is 8.27. The number of pyridine rings is 2. The molecule has 2 aromatic carbocycles. The van der Waals surface area contributed by atoms with Gasteiger partial charge in [0.05, 0.1) is 16.4 Å². The van der Waals surface area contributed by atoms with Crippen LogP contribution in [0.25, 0.3) is 55.8 Å². The number of aromatic amines is 2. The zero-order valence-corrected chi connectivity index (χ0v) is 22.9. The molecule has 0 unspecified atom stereocenters. The van der Waals surface area contributed by atoms with E-state index in [0.29, 0.717) is 51.9 Å². The van der Waals surface area contributed by atoms with Crippen molar-refractivity contribution in [3.05, 3.63) is 84.1 Å². The van der Waals surface area contributed by atoms with E-state index in [4.69, 9.17) is 4.98 Å². The summed E-state index contributed by atoms with van der Waals surface area (Å²) in [5.74, 6) is 0.0774. The Bertz CT molecular complexity index is 2020. The third-order valence-electron chi connectivity index (χ3n) is 7.55. The molecule has 1 saturated heterocycles. The summed E-state index contributed by atoms with van der Waals surface area (Å²) in [6.07, 6.45) is 8.95. The number of fused-ring (bicyclic) bond motifs is 2. The first-order valence-corrected chi connectivity index (χ1v) is 13.8. The minimum Gasteiger partial charge on any atom is -0.337 e. The Hall–Kier alpha value is -5.42.